The Kier molecular flexibility index (Phi) is 9.64. The van der Waals surface area contributed by atoms with Gasteiger partial charge in [-0.2, -0.15) is 38.6 Å². The van der Waals surface area contributed by atoms with Crippen LogP contribution in [0.2, 0.25) is 0 Å². The van der Waals surface area contributed by atoms with Crippen molar-refractivity contribution in [3.63, 3.8) is 0 Å². The lowest BCUT2D eigenvalue weighted by Gasteiger charge is -2.31. The van der Waals surface area contributed by atoms with Gasteiger partial charge in [0.25, 0.3) is 0 Å². The van der Waals surface area contributed by atoms with Gasteiger partial charge in [0.05, 0.1) is 33.4 Å². The minimum Gasteiger partial charge on any atom is -0.506 e. The number of halogens is 6. The van der Waals surface area contributed by atoms with Crippen LogP contribution in [-0.2, 0) is 12.6 Å². The predicted molar refractivity (Wildman–Crippen MR) is 200 cm³/mol. The lowest BCUT2D eigenvalue weighted by Crippen LogP contribution is -2.43. The number of hydrogen-bond acceptors (Lipinski definition) is 13. The van der Waals surface area contributed by atoms with Gasteiger partial charge in [-0.1, -0.05) is 12.1 Å². The SMILES string of the molecule is N#Cc1c(N)sc2c(F)ccc(-c3c(C(F)(F)F)c(O)c4c(N[C@H](CCc5ccnnc5)c5cccnc5N)nc(OC[C@@]56CCCN5C[C@H](F)C6)nc4c3F)c12. The Morgan fingerprint density at radius 2 is 1.95 bits per heavy atom. The number of aromatic hydroxyl groups is 1. The van der Waals surface area contributed by atoms with Crippen molar-refractivity contribution in [2.45, 2.75) is 56.0 Å². The van der Waals surface area contributed by atoms with Crippen LogP contribution < -0.4 is 21.5 Å². The van der Waals surface area contributed by atoms with Crippen LogP contribution in [-0.4, -0.2) is 66.6 Å². The molecule has 0 aliphatic carbocycles. The number of thiophene rings is 1. The highest BCUT2D eigenvalue weighted by molar-refractivity contribution is 7.23. The van der Waals surface area contributed by atoms with Crippen LogP contribution in [0, 0.1) is 23.0 Å². The Morgan fingerprint density at radius 3 is 2.68 bits per heavy atom. The summed E-state index contributed by atoms with van der Waals surface area (Å²) in [6.45, 7) is 0.712. The first-order valence-electron chi connectivity index (χ1n) is 17.8. The number of nitrogens with one attached hydrogen (secondary N) is 1. The largest absolute Gasteiger partial charge is 0.506 e. The number of benzene rings is 2. The van der Waals surface area contributed by atoms with E-state index in [-0.39, 0.29) is 52.5 Å². The van der Waals surface area contributed by atoms with Crippen LogP contribution in [0.3, 0.4) is 0 Å². The standard InChI is InChI=1S/C38H32F6N10O2S/c39-19-13-37(9-2-12-54(37)16-19)17-56-36-52-30-27(35(53-36)51-24(20-3-1-10-48-33(20)46)7-4-18-8-11-49-50-15-18)31(55)28(38(42,43)44)26(29(30)41)21-5-6-23(40)32-25(21)22(14-45)34(47)57-32/h1,3,5-6,8,10-11,15,19,24,55H,2,4,7,9,12-13,16-17,47H2,(H2,46,48)(H,51,52,53)/t19-,24-,37+/m1/s1. The zero-order chi connectivity index (χ0) is 40.2. The zero-order valence-electron chi connectivity index (χ0n) is 29.7. The summed E-state index contributed by atoms with van der Waals surface area (Å²) in [4.78, 5) is 14.8. The third kappa shape index (κ3) is 6.71. The fraction of sp³-hybridized carbons (Fsp3) is 0.316. The number of phenolic OH excluding ortho intramolecular Hbond substituents is 1. The smallest absolute Gasteiger partial charge is 0.420 e. The second-order valence-corrected chi connectivity index (χ2v) is 15.1. The number of nitrogens with two attached hydrogens (primary N) is 2. The number of alkyl halides is 4. The molecule has 8 rings (SSSR count). The van der Waals surface area contributed by atoms with E-state index in [1.807, 2.05) is 4.90 Å². The average molecular weight is 807 g/mol. The van der Waals surface area contributed by atoms with Crippen molar-refractivity contribution in [3.8, 4) is 29.0 Å². The van der Waals surface area contributed by atoms with Crippen molar-refractivity contribution < 1.29 is 36.2 Å². The van der Waals surface area contributed by atoms with Gasteiger partial charge in [-0.05, 0) is 61.6 Å². The molecule has 6 aromatic rings. The van der Waals surface area contributed by atoms with Crippen molar-refractivity contribution in [1.82, 2.24) is 30.0 Å². The van der Waals surface area contributed by atoms with Crippen LogP contribution in [0.25, 0.3) is 32.1 Å². The van der Waals surface area contributed by atoms with Crippen LogP contribution >= 0.6 is 11.3 Å². The third-order valence-corrected chi connectivity index (χ3v) is 11.7. The molecule has 6 N–H and O–H groups in total. The molecule has 12 nitrogen and oxygen atoms in total. The molecule has 0 saturated carbocycles. The predicted octanol–water partition coefficient (Wildman–Crippen LogP) is 7.48. The minimum absolute atomic E-state index is 0.0810. The van der Waals surface area contributed by atoms with Gasteiger partial charge in [-0.15, -0.1) is 11.3 Å². The van der Waals surface area contributed by atoms with Crippen LogP contribution in [0.5, 0.6) is 11.8 Å². The van der Waals surface area contributed by atoms with Gasteiger partial charge in [0.2, 0.25) is 0 Å². The van der Waals surface area contributed by atoms with E-state index in [0.717, 1.165) is 24.1 Å². The number of aryl methyl sites for hydroxylation is 1. The summed E-state index contributed by atoms with van der Waals surface area (Å²) >= 11 is 0.610. The molecule has 57 heavy (non-hydrogen) atoms. The molecule has 294 valence electrons. The number of ether oxygens (including phenoxy) is 1. The Labute approximate surface area is 324 Å². The number of aromatic nitrogens is 5. The number of hydrogen-bond donors (Lipinski definition) is 4. The van der Waals surface area contributed by atoms with E-state index in [4.69, 9.17) is 16.2 Å². The average Bonchev–Trinajstić information content (AvgIpc) is 3.83. The molecule has 0 radical (unpaired) electrons. The van der Waals surface area contributed by atoms with E-state index < -0.39 is 80.7 Å². The number of rotatable bonds is 10. The molecular formula is C38H32F6N10O2S. The quantitative estimate of drug-likeness (QED) is 0.100. The molecule has 3 atom stereocenters. The molecule has 19 heteroatoms. The number of fused-ring (bicyclic) bond motifs is 3. The van der Waals surface area contributed by atoms with E-state index in [2.05, 4.69) is 30.5 Å². The lowest BCUT2D eigenvalue weighted by molar-refractivity contribution is -0.138. The maximum Gasteiger partial charge on any atom is 0.420 e. The van der Waals surface area contributed by atoms with Crippen LogP contribution in [0.4, 0.5) is 43.0 Å². The molecule has 2 aliphatic heterocycles. The molecular weight excluding hydrogens is 775 g/mol. The summed E-state index contributed by atoms with van der Waals surface area (Å²) < 4.78 is 98.7. The molecule has 6 heterocycles. The first-order valence-corrected chi connectivity index (χ1v) is 18.6. The molecule has 4 aromatic heterocycles. The number of phenols is 1. The van der Waals surface area contributed by atoms with Crippen molar-refractivity contribution in [2.24, 2.45) is 0 Å². The molecule has 0 unspecified atom stereocenters. The number of nitrogen functional groups attached to an aromatic ring is 2. The number of nitrogens with zero attached hydrogens (tertiary/aromatic N) is 7. The highest BCUT2D eigenvalue weighted by Gasteiger charge is 2.49. The second kappa shape index (κ2) is 14.5. The Bertz CT molecular complexity index is 2570. The lowest BCUT2D eigenvalue weighted by atomic mass is 9.91. The summed E-state index contributed by atoms with van der Waals surface area (Å²) in [5.74, 6) is -4.28. The summed E-state index contributed by atoms with van der Waals surface area (Å²) in [5.41, 5.74) is 7.98. The Hall–Kier alpha value is -6.00. The fourth-order valence-electron chi connectivity index (χ4n) is 8.12. The molecule has 0 spiro atoms. The number of nitriles is 1. The van der Waals surface area contributed by atoms with Gasteiger partial charge >= 0.3 is 12.2 Å². The van der Waals surface area contributed by atoms with Crippen molar-refractivity contribution in [3.05, 3.63) is 82.8 Å². The summed E-state index contributed by atoms with van der Waals surface area (Å²) in [5, 5.41) is 31.1. The van der Waals surface area contributed by atoms with Gasteiger partial charge in [0.15, 0.2) is 5.82 Å². The molecule has 2 aromatic carbocycles. The van der Waals surface area contributed by atoms with Gasteiger partial charge < -0.3 is 26.6 Å². The van der Waals surface area contributed by atoms with Gasteiger partial charge in [-0.3, -0.25) is 4.90 Å². The van der Waals surface area contributed by atoms with E-state index in [0.29, 0.717) is 36.3 Å². The van der Waals surface area contributed by atoms with Gasteiger partial charge in [-0.25, -0.2) is 18.2 Å². The van der Waals surface area contributed by atoms with E-state index in [9.17, 15) is 14.8 Å². The maximum atomic E-state index is 17.4. The van der Waals surface area contributed by atoms with Crippen molar-refractivity contribution in [1.29, 1.82) is 5.26 Å². The van der Waals surface area contributed by atoms with E-state index in [1.54, 1.807) is 24.3 Å². The normalized spacial score (nSPS) is 18.9. The number of anilines is 3. The van der Waals surface area contributed by atoms with Gasteiger partial charge in [0.1, 0.15) is 58.1 Å². The summed E-state index contributed by atoms with van der Waals surface area (Å²) in [6.07, 6.45) is 0.0542. The van der Waals surface area contributed by atoms with Crippen LogP contribution in [0.15, 0.2) is 48.9 Å². The molecule has 0 bridgehead atoms. The highest BCUT2D eigenvalue weighted by Crippen LogP contribution is 2.52. The topological polar surface area (TPSA) is 185 Å². The fourth-order valence-corrected chi connectivity index (χ4v) is 9.07. The van der Waals surface area contributed by atoms with Gasteiger partial charge in [0, 0.05) is 41.9 Å². The monoisotopic (exact) mass is 806 g/mol. The maximum absolute atomic E-state index is 17.4. The molecule has 0 amide bonds. The summed E-state index contributed by atoms with van der Waals surface area (Å²) in [6, 6.07) is 7.13. The Balaban J connectivity index is 1.36. The first kappa shape index (κ1) is 37.9. The molecule has 2 saturated heterocycles. The second-order valence-electron chi connectivity index (χ2n) is 14.1. The third-order valence-electron chi connectivity index (χ3n) is 10.7. The van der Waals surface area contributed by atoms with E-state index in [1.165, 1.54) is 18.6 Å². The van der Waals surface area contributed by atoms with Crippen molar-refractivity contribution >= 4 is 49.0 Å². The minimum atomic E-state index is -5.42. The first-order chi connectivity index (χ1) is 27.3. The molecule has 2 aliphatic rings. The number of pyridine rings is 1. The zero-order valence-corrected chi connectivity index (χ0v) is 30.6. The van der Waals surface area contributed by atoms with Crippen LogP contribution in [0.1, 0.15) is 54.0 Å². The van der Waals surface area contributed by atoms with E-state index >= 15 is 22.0 Å². The summed E-state index contributed by atoms with van der Waals surface area (Å²) in [7, 11) is 0. The molecule has 2 fully saturated rings. The highest BCUT2D eigenvalue weighted by atomic mass is 32.1. The van der Waals surface area contributed by atoms with Crippen molar-refractivity contribution in [2.75, 3.05) is 36.5 Å². The Morgan fingerprint density at radius 1 is 1.12 bits per heavy atom.